The summed E-state index contributed by atoms with van der Waals surface area (Å²) in [7, 11) is 0. The lowest BCUT2D eigenvalue weighted by atomic mass is 9.98. The van der Waals surface area contributed by atoms with Crippen molar-refractivity contribution in [3.63, 3.8) is 0 Å². The SMILES string of the molecule is CC(C)C(NC1CCN(CC(F)(F)F)CC1)C(N)=O. The van der Waals surface area contributed by atoms with Crippen LogP contribution in [0.15, 0.2) is 0 Å². The van der Waals surface area contributed by atoms with Crippen molar-refractivity contribution >= 4 is 5.91 Å². The Morgan fingerprint density at radius 1 is 1.37 bits per heavy atom. The van der Waals surface area contributed by atoms with Gasteiger partial charge in [0.1, 0.15) is 0 Å². The highest BCUT2D eigenvalue weighted by Crippen LogP contribution is 2.20. The van der Waals surface area contributed by atoms with E-state index in [1.165, 1.54) is 4.90 Å². The van der Waals surface area contributed by atoms with Crippen molar-refractivity contribution < 1.29 is 18.0 Å². The van der Waals surface area contributed by atoms with Crippen molar-refractivity contribution in [2.75, 3.05) is 19.6 Å². The highest BCUT2D eigenvalue weighted by molar-refractivity contribution is 5.80. The summed E-state index contributed by atoms with van der Waals surface area (Å²) in [5, 5.41) is 3.16. The third kappa shape index (κ3) is 5.78. The molecule has 112 valence electrons. The summed E-state index contributed by atoms with van der Waals surface area (Å²) in [6.07, 6.45) is -2.94. The molecule has 0 aromatic heterocycles. The van der Waals surface area contributed by atoms with E-state index in [1.54, 1.807) is 0 Å². The average Bonchev–Trinajstić information content (AvgIpc) is 2.25. The molecule has 7 heteroatoms. The van der Waals surface area contributed by atoms with Gasteiger partial charge in [0, 0.05) is 6.04 Å². The molecule has 0 aromatic rings. The van der Waals surface area contributed by atoms with Gasteiger partial charge in [-0.3, -0.25) is 9.69 Å². The van der Waals surface area contributed by atoms with E-state index in [4.69, 9.17) is 5.73 Å². The molecule has 0 radical (unpaired) electrons. The molecule has 1 unspecified atom stereocenters. The second-order valence-corrected chi connectivity index (χ2v) is 5.46. The second-order valence-electron chi connectivity index (χ2n) is 5.46. The second kappa shape index (κ2) is 6.56. The Hall–Kier alpha value is -0.820. The van der Waals surface area contributed by atoms with Crippen LogP contribution in [0.2, 0.25) is 0 Å². The van der Waals surface area contributed by atoms with Crippen molar-refractivity contribution in [3.8, 4) is 0 Å². The molecule has 0 aliphatic carbocycles. The minimum atomic E-state index is -4.14. The molecule has 1 aliphatic heterocycles. The van der Waals surface area contributed by atoms with E-state index in [1.807, 2.05) is 13.8 Å². The van der Waals surface area contributed by atoms with Crippen LogP contribution in [0.25, 0.3) is 0 Å². The summed E-state index contributed by atoms with van der Waals surface area (Å²) in [5.74, 6) is -0.335. The van der Waals surface area contributed by atoms with E-state index in [0.717, 1.165) is 0 Å². The van der Waals surface area contributed by atoms with Gasteiger partial charge in [0.15, 0.2) is 0 Å². The van der Waals surface area contributed by atoms with E-state index in [9.17, 15) is 18.0 Å². The largest absolute Gasteiger partial charge is 0.401 e. The molecule has 1 atom stereocenters. The summed E-state index contributed by atoms with van der Waals surface area (Å²) in [5.41, 5.74) is 5.30. The summed E-state index contributed by atoms with van der Waals surface area (Å²) in [6.45, 7) is 3.70. The third-order valence-electron chi connectivity index (χ3n) is 3.38. The lowest BCUT2D eigenvalue weighted by molar-refractivity contribution is -0.148. The van der Waals surface area contributed by atoms with Gasteiger partial charge in [0.05, 0.1) is 12.6 Å². The fourth-order valence-corrected chi connectivity index (χ4v) is 2.37. The van der Waals surface area contributed by atoms with Gasteiger partial charge in [-0.2, -0.15) is 13.2 Å². The van der Waals surface area contributed by atoms with Gasteiger partial charge in [0.25, 0.3) is 0 Å². The Balaban J connectivity index is 2.39. The number of hydrogen-bond acceptors (Lipinski definition) is 3. The van der Waals surface area contributed by atoms with Gasteiger partial charge in [-0.05, 0) is 31.8 Å². The maximum Gasteiger partial charge on any atom is 0.401 e. The minimum Gasteiger partial charge on any atom is -0.368 e. The van der Waals surface area contributed by atoms with Gasteiger partial charge in [-0.1, -0.05) is 13.8 Å². The normalized spacial score (nSPS) is 20.7. The molecular weight excluding hydrogens is 259 g/mol. The molecule has 0 saturated carbocycles. The lowest BCUT2D eigenvalue weighted by Gasteiger charge is -2.35. The number of carbonyl (C=O) groups excluding carboxylic acids is 1. The van der Waals surface area contributed by atoms with Crippen molar-refractivity contribution in [2.24, 2.45) is 11.7 Å². The Labute approximate surface area is 111 Å². The van der Waals surface area contributed by atoms with E-state index in [2.05, 4.69) is 5.32 Å². The lowest BCUT2D eigenvalue weighted by Crippen LogP contribution is -2.53. The molecule has 0 spiro atoms. The molecule has 1 saturated heterocycles. The molecule has 1 aliphatic rings. The number of likely N-dealkylation sites (tertiary alicyclic amines) is 1. The van der Waals surface area contributed by atoms with Crippen LogP contribution in [0.4, 0.5) is 13.2 Å². The number of nitrogens with zero attached hydrogens (tertiary/aromatic N) is 1. The van der Waals surface area contributed by atoms with Crippen LogP contribution in [-0.2, 0) is 4.79 Å². The van der Waals surface area contributed by atoms with Crippen LogP contribution in [0, 0.1) is 5.92 Å². The van der Waals surface area contributed by atoms with Gasteiger partial charge < -0.3 is 11.1 Å². The molecule has 19 heavy (non-hydrogen) atoms. The van der Waals surface area contributed by atoms with Gasteiger partial charge in [-0.15, -0.1) is 0 Å². The Bertz CT molecular complexity index is 299. The first-order valence-electron chi connectivity index (χ1n) is 6.53. The molecule has 3 N–H and O–H groups in total. The number of primary amides is 1. The Kier molecular flexibility index (Phi) is 5.61. The Morgan fingerprint density at radius 3 is 2.26 bits per heavy atom. The third-order valence-corrected chi connectivity index (χ3v) is 3.38. The van der Waals surface area contributed by atoms with Gasteiger partial charge in [0.2, 0.25) is 5.91 Å². The smallest absolute Gasteiger partial charge is 0.368 e. The molecule has 4 nitrogen and oxygen atoms in total. The van der Waals surface area contributed by atoms with Crippen molar-refractivity contribution in [2.45, 2.75) is 44.9 Å². The van der Waals surface area contributed by atoms with Crippen molar-refractivity contribution in [1.82, 2.24) is 10.2 Å². The summed E-state index contributed by atoms with van der Waals surface area (Å²) in [6, 6.07) is -0.358. The maximum atomic E-state index is 12.2. The highest BCUT2D eigenvalue weighted by atomic mass is 19.4. The molecule has 0 aromatic carbocycles. The van der Waals surface area contributed by atoms with Crippen LogP contribution in [0.3, 0.4) is 0 Å². The number of halogens is 3. The van der Waals surface area contributed by atoms with E-state index in [0.29, 0.717) is 25.9 Å². The number of nitrogens with two attached hydrogens (primary N) is 1. The summed E-state index contributed by atoms with van der Waals surface area (Å²) < 4.78 is 36.7. The number of rotatable bonds is 5. The maximum absolute atomic E-state index is 12.2. The fourth-order valence-electron chi connectivity index (χ4n) is 2.37. The Morgan fingerprint density at radius 2 is 1.89 bits per heavy atom. The van der Waals surface area contributed by atoms with Crippen LogP contribution in [-0.4, -0.2) is 48.7 Å². The molecular formula is C12H22F3N3O. The quantitative estimate of drug-likeness (QED) is 0.794. The first-order valence-corrected chi connectivity index (χ1v) is 6.53. The zero-order valence-electron chi connectivity index (χ0n) is 11.3. The molecule has 1 fully saturated rings. The zero-order valence-corrected chi connectivity index (χ0v) is 11.3. The minimum absolute atomic E-state index is 0.0596. The number of hydrogen-bond donors (Lipinski definition) is 2. The number of alkyl halides is 3. The molecule has 1 rings (SSSR count). The first-order chi connectivity index (χ1) is 8.69. The molecule has 1 heterocycles. The van der Waals surface area contributed by atoms with Crippen molar-refractivity contribution in [1.29, 1.82) is 0 Å². The zero-order chi connectivity index (χ0) is 14.6. The van der Waals surface area contributed by atoms with Crippen LogP contribution >= 0.6 is 0 Å². The van der Waals surface area contributed by atoms with Crippen LogP contribution in [0.5, 0.6) is 0 Å². The molecule has 1 amide bonds. The number of piperidine rings is 1. The standard InChI is InChI=1S/C12H22F3N3O/c1-8(2)10(11(16)19)17-9-3-5-18(6-4-9)7-12(13,14)15/h8-10,17H,3-7H2,1-2H3,(H2,16,19). The van der Waals surface area contributed by atoms with E-state index < -0.39 is 24.7 Å². The number of amides is 1. The van der Waals surface area contributed by atoms with E-state index in [-0.39, 0.29) is 12.0 Å². The van der Waals surface area contributed by atoms with Crippen molar-refractivity contribution in [3.05, 3.63) is 0 Å². The fraction of sp³-hybridized carbons (Fsp3) is 0.917. The molecule has 0 bridgehead atoms. The van der Waals surface area contributed by atoms with Crippen LogP contribution in [0.1, 0.15) is 26.7 Å². The first kappa shape index (κ1) is 16.2. The predicted octanol–water partition coefficient (Wildman–Crippen LogP) is 1.11. The predicted molar refractivity (Wildman–Crippen MR) is 66.5 cm³/mol. The highest BCUT2D eigenvalue weighted by Gasteiger charge is 2.33. The number of nitrogens with one attached hydrogen (secondary N) is 1. The van der Waals surface area contributed by atoms with E-state index >= 15 is 0 Å². The average molecular weight is 281 g/mol. The van der Waals surface area contributed by atoms with Gasteiger partial charge in [-0.25, -0.2) is 0 Å². The topological polar surface area (TPSA) is 58.4 Å². The summed E-state index contributed by atoms with van der Waals surface area (Å²) >= 11 is 0. The monoisotopic (exact) mass is 281 g/mol. The summed E-state index contributed by atoms with van der Waals surface area (Å²) in [4.78, 5) is 12.7. The number of carbonyl (C=O) groups is 1. The van der Waals surface area contributed by atoms with Crippen LogP contribution < -0.4 is 11.1 Å². The van der Waals surface area contributed by atoms with Gasteiger partial charge >= 0.3 is 6.18 Å².